The number of hydrogen-bond donors (Lipinski definition) is 0. The van der Waals surface area contributed by atoms with E-state index in [0.717, 1.165) is 29.9 Å². The van der Waals surface area contributed by atoms with Crippen molar-refractivity contribution in [2.24, 2.45) is 0 Å². The predicted octanol–water partition coefficient (Wildman–Crippen LogP) is 1.49. The highest BCUT2D eigenvalue weighted by atomic mass is 15.4. The zero-order chi connectivity index (χ0) is 11.5. The minimum Gasteiger partial charge on any atom is -0.213 e. The highest BCUT2D eigenvalue weighted by molar-refractivity contribution is 5.17. The smallest absolute Gasteiger partial charge is 0.213 e. The molecular formula is C11H15N5. The Morgan fingerprint density at radius 1 is 1.12 bits per heavy atom. The van der Waals surface area contributed by atoms with Crippen LogP contribution >= 0.6 is 0 Å². The average molecular weight is 217 g/mol. The van der Waals surface area contributed by atoms with Crippen molar-refractivity contribution in [3.05, 3.63) is 29.3 Å². The van der Waals surface area contributed by atoms with Crippen molar-refractivity contribution in [3.8, 4) is 5.95 Å². The van der Waals surface area contributed by atoms with Crippen molar-refractivity contribution in [2.45, 2.75) is 33.6 Å². The summed E-state index contributed by atoms with van der Waals surface area (Å²) in [5.74, 6) is 0.544. The molecule has 2 aromatic rings. The van der Waals surface area contributed by atoms with Crippen LogP contribution in [0.1, 0.15) is 30.9 Å². The molecule has 0 aliphatic rings. The summed E-state index contributed by atoms with van der Waals surface area (Å²) in [5.41, 5.74) is 2.91. The van der Waals surface area contributed by atoms with Crippen LogP contribution in [0, 0.1) is 6.92 Å². The lowest BCUT2D eigenvalue weighted by molar-refractivity contribution is 0.725. The Hall–Kier alpha value is -1.78. The van der Waals surface area contributed by atoms with Gasteiger partial charge in [-0.05, 0) is 25.8 Å². The van der Waals surface area contributed by atoms with Crippen LogP contribution in [0.25, 0.3) is 5.95 Å². The van der Waals surface area contributed by atoms with E-state index in [1.807, 2.05) is 19.2 Å². The molecular weight excluding hydrogens is 202 g/mol. The van der Waals surface area contributed by atoms with Crippen LogP contribution < -0.4 is 0 Å². The first-order valence-corrected chi connectivity index (χ1v) is 5.49. The van der Waals surface area contributed by atoms with Gasteiger partial charge in [-0.25, -0.2) is 9.67 Å². The Bertz CT molecular complexity index is 489. The molecule has 16 heavy (non-hydrogen) atoms. The molecule has 2 aromatic heterocycles. The summed E-state index contributed by atoms with van der Waals surface area (Å²) in [7, 11) is 0. The molecule has 5 nitrogen and oxygen atoms in total. The van der Waals surface area contributed by atoms with E-state index in [1.54, 1.807) is 4.68 Å². The molecule has 0 N–H and O–H groups in total. The number of aryl methyl sites for hydroxylation is 3. The van der Waals surface area contributed by atoms with E-state index in [0.29, 0.717) is 5.95 Å². The minimum atomic E-state index is 0.544. The Labute approximate surface area is 94.5 Å². The van der Waals surface area contributed by atoms with Crippen molar-refractivity contribution in [2.75, 3.05) is 0 Å². The molecule has 0 amide bonds. The van der Waals surface area contributed by atoms with Gasteiger partial charge in [-0.3, -0.25) is 0 Å². The van der Waals surface area contributed by atoms with Crippen molar-refractivity contribution in [1.29, 1.82) is 0 Å². The Balaban J connectivity index is 2.43. The molecule has 0 aromatic carbocycles. The van der Waals surface area contributed by atoms with Gasteiger partial charge in [0.05, 0.1) is 17.1 Å². The molecule has 2 rings (SSSR count). The molecule has 0 aliphatic carbocycles. The Morgan fingerprint density at radius 2 is 1.88 bits per heavy atom. The maximum absolute atomic E-state index is 4.47. The molecule has 0 bridgehead atoms. The first-order chi connectivity index (χ1) is 7.74. The fourth-order valence-corrected chi connectivity index (χ4v) is 1.55. The van der Waals surface area contributed by atoms with Crippen LogP contribution in [-0.2, 0) is 12.8 Å². The second-order valence-corrected chi connectivity index (χ2v) is 3.61. The van der Waals surface area contributed by atoms with Gasteiger partial charge in [0.25, 0.3) is 5.95 Å². The SMILES string of the molecule is CCc1nnc(-n2ccc(C)n2)nc1CC. The summed E-state index contributed by atoms with van der Waals surface area (Å²) in [5, 5.41) is 12.5. The summed E-state index contributed by atoms with van der Waals surface area (Å²) in [4.78, 5) is 4.47. The van der Waals surface area contributed by atoms with Crippen molar-refractivity contribution in [1.82, 2.24) is 25.0 Å². The fourth-order valence-electron chi connectivity index (χ4n) is 1.55. The molecule has 0 radical (unpaired) electrons. The van der Waals surface area contributed by atoms with Gasteiger partial charge in [0.15, 0.2) is 0 Å². The fraction of sp³-hybridized carbons (Fsp3) is 0.455. The third-order valence-electron chi connectivity index (χ3n) is 2.43. The highest BCUT2D eigenvalue weighted by Gasteiger charge is 2.07. The summed E-state index contributed by atoms with van der Waals surface area (Å²) in [6.45, 7) is 6.06. The van der Waals surface area contributed by atoms with E-state index in [2.05, 4.69) is 34.1 Å². The average Bonchev–Trinajstić information content (AvgIpc) is 2.75. The van der Waals surface area contributed by atoms with Gasteiger partial charge in [-0.15, -0.1) is 10.2 Å². The van der Waals surface area contributed by atoms with Crippen LogP contribution in [0.15, 0.2) is 12.3 Å². The van der Waals surface area contributed by atoms with Crippen molar-refractivity contribution >= 4 is 0 Å². The van der Waals surface area contributed by atoms with E-state index in [1.165, 1.54) is 0 Å². The second kappa shape index (κ2) is 4.38. The zero-order valence-corrected chi connectivity index (χ0v) is 9.80. The summed E-state index contributed by atoms with van der Waals surface area (Å²) in [6.07, 6.45) is 3.57. The van der Waals surface area contributed by atoms with Gasteiger partial charge in [-0.1, -0.05) is 13.8 Å². The maximum atomic E-state index is 4.47. The monoisotopic (exact) mass is 217 g/mol. The summed E-state index contributed by atoms with van der Waals surface area (Å²) >= 11 is 0. The number of rotatable bonds is 3. The lowest BCUT2D eigenvalue weighted by Gasteiger charge is -2.04. The summed E-state index contributed by atoms with van der Waals surface area (Å²) < 4.78 is 1.65. The molecule has 5 heteroatoms. The third kappa shape index (κ3) is 1.93. The topological polar surface area (TPSA) is 56.5 Å². The van der Waals surface area contributed by atoms with Gasteiger partial charge in [0, 0.05) is 6.20 Å². The lowest BCUT2D eigenvalue weighted by Crippen LogP contribution is -2.09. The molecule has 84 valence electrons. The number of nitrogens with zero attached hydrogens (tertiary/aromatic N) is 5. The van der Waals surface area contributed by atoms with E-state index >= 15 is 0 Å². The van der Waals surface area contributed by atoms with Crippen LogP contribution in [-0.4, -0.2) is 25.0 Å². The minimum absolute atomic E-state index is 0.544. The van der Waals surface area contributed by atoms with E-state index in [-0.39, 0.29) is 0 Å². The third-order valence-corrected chi connectivity index (χ3v) is 2.43. The van der Waals surface area contributed by atoms with Gasteiger partial charge >= 0.3 is 0 Å². The number of hydrogen-bond acceptors (Lipinski definition) is 4. The van der Waals surface area contributed by atoms with Gasteiger partial charge in [-0.2, -0.15) is 5.10 Å². The lowest BCUT2D eigenvalue weighted by atomic mass is 10.2. The molecule has 0 aliphatic heterocycles. The summed E-state index contributed by atoms with van der Waals surface area (Å²) in [6, 6.07) is 1.92. The molecule has 0 unspecified atom stereocenters. The van der Waals surface area contributed by atoms with Crippen molar-refractivity contribution in [3.63, 3.8) is 0 Å². The first-order valence-electron chi connectivity index (χ1n) is 5.49. The Morgan fingerprint density at radius 3 is 2.44 bits per heavy atom. The second-order valence-electron chi connectivity index (χ2n) is 3.61. The number of aromatic nitrogens is 5. The molecule has 2 heterocycles. The molecule has 0 saturated heterocycles. The van der Waals surface area contributed by atoms with E-state index < -0.39 is 0 Å². The normalized spacial score (nSPS) is 10.7. The van der Waals surface area contributed by atoms with Crippen LogP contribution in [0.4, 0.5) is 0 Å². The molecule has 0 spiro atoms. The van der Waals surface area contributed by atoms with Gasteiger partial charge in [0.2, 0.25) is 0 Å². The van der Waals surface area contributed by atoms with Gasteiger partial charge < -0.3 is 0 Å². The Kier molecular flexibility index (Phi) is 2.94. The highest BCUT2D eigenvalue weighted by Crippen LogP contribution is 2.06. The molecule has 0 fully saturated rings. The van der Waals surface area contributed by atoms with E-state index in [9.17, 15) is 0 Å². The standard InChI is InChI=1S/C11H15N5/c1-4-9-10(5-2)13-14-11(12-9)16-7-6-8(3)15-16/h6-7H,4-5H2,1-3H3. The maximum Gasteiger partial charge on any atom is 0.270 e. The molecule has 0 saturated carbocycles. The first kappa shape index (κ1) is 10.7. The van der Waals surface area contributed by atoms with Gasteiger partial charge in [0.1, 0.15) is 0 Å². The van der Waals surface area contributed by atoms with E-state index in [4.69, 9.17) is 0 Å². The van der Waals surface area contributed by atoms with Crippen LogP contribution in [0.2, 0.25) is 0 Å². The predicted molar refractivity (Wildman–Crippen MR) is 60.4 cm³/mol. The van der Waals surface area contributed by atoms with Crippen LogP contribution in [0.5, 0.6) is 0 Å². The zero-order valence-electron chi connectivity index (χ0n) is 9.80. The quantitative estimate of drug-likeness (QED) is 0.781. The van der Waals surface area contributed by atoms with Crippen molar-refractivity contribution < 1.29 is 0 Å². The van der Waals surface area contributed by atoms with Crippen LogP contribution in [0.3, 0.4) is 0 Å². The largest absolute Gasteiger partial charge is 0.270 e. The molecule has 0 atom stereocenters.